The summed E-state index contributed by atoms with van der Waals surface area (Å²) in [7, 11) is 2.75. The highest BCUT2D eigenvalue weighted by atomic mass is 16.6. The third kappa shape index (κ3) is 4.60. The highest BCUT2D eigenvalue weighted by Gasteiger charge is 2.26. The van der Waals surface area contributed by atoms with Gasteiger partial charge in [0.25, 0.3) is 11.6 Å². The third-order valence-corrected chi connectivity index (χ3v) is 5.23. The number of fused-ring (bicyclic) bond motifs is 1. The normalized spacial score (nSPS) is 12.9. The van der Waals surface area contributed by atoms with Crippen molar-refractivity contribution in [1.82, 2.24) is 4.90 Å². The molecule has 1 heterocycles. The Hall–Kier alpha value is -3.62. The summed E-state index contributed by atoms with van der Waals surface area (Å²) >= 11 is 0. The lowest BCUT2D eigenvalue weighted by atomic mass is 9.98. The second-order valence-corrected chi connectivity index (χ2v) is 7.58. The average Bonchev–Trinajstić information content (AvgIpc) is 2.76. The van der Waals surface area contributed by atoms with Gasteiger partial charge in [-0.05, 0) is 29.7 Å². The molecule has 3 rings (SSSR count). The van der Waals surface area contributed by atoms with E-state index < -0.39 is 10.8 Å². The van der Waals surface area contributed by atoms with Crippen LogP contribution in [0.2, 0.25) is 0 Å². The molecule has 0 atom stereocenters. The Morgan fingerprint density at radius 2 is 1.77 bits per heavy atom. The first-order chi connectivity index (χ1) is 14.7. The van der Waals surface area contributed by atoms with Crippen LogP contribution in [0.4, 0.5) is 11.4 Å². The zero-order valence-corrected chi connectivity index (χ0v) is 17.9. The summed E-state index contributed by atoms with van der Waals surface area (Å²) in [5.41, 5.74) is 2.02. The Bertz CT molecular complexity index is 1030. The van der Waals surface area contributed by atoms with Gasteiger partial charge in [-0.25, -0.2) is 0 Å². The number of rotatable bonds is 6. The van der Waals surface area contributed by atoms with Crippen LogP contribution in [0.1, 0.15) is 35.3 Å². The van der Waals surface area contributed by atoms with Crippen LogP contribution in [-0.2, 0) is 17.8 Å². The Labute approximate surface area is 180 Å². The molecule has 9 nitrogen and oxygen atoms in total. The van der Waals surface area contributed by atoms with Crippen molar-refractivity contribution < 1.29 is 24.0 Å². The summed E-state index contributed by atoms with van der Waals surface area (Å²) in [5, 5.41) is 14.2. The molecule has 2 amide bonds. The largest absolute Gasteiger partial charge is 0.493 e. The molecule has 0 spiro atoms. The Kier molecular flexibility index (Phi) is 6.43. The number of nitrogens with one attached hydrogen (secondary N) is 1. The molecule has 2 aromatic carbocycles. The highest BCUT2D eigenvalue weighted by molar-refractivity contribution is 6.07. The number of carbonyl (C=O) groups excluding carboxylic acids is 2. The molecule has 0 saturated heterocycles. The van der Waals surface area contributed by atoms with Crippen LogP contribution in [0.25, 0.3) is 0 Å². The number of methoxy groups -OCH3 is 2. The Morgan fingerprint density at radius 1 is 1.10 bits per heavy atom. The quantitative estimate of drug-likeness (QED) is 0.559. The lowest BCUT2D eigenvalue weighted by Gasteiger charge is -2.30. The predicted molar refractivity (Wildman–Crippen MR) is 115 cm³/mol. The first-order valence-electron chi connectivity index (χ1n) is 9.87. The van der Waals surface area contributed by atoms with E-state index in [1.54, 1.807) is 17.0 Å². The maximum Gasteiger partial charge on any atom is 0.286 e. The maximum absolute atomic E-state index is 12.9. The monoisotopic (exact) mass is 427 g/mol. The average molecular weight is 427 g/mol. The Balaban J connectivity index is 1.87. The molecule has 1 aliphatic rings. The van der Waals surface area contributed by atoms with Gasteiger partial charge in [-0.2, -0.15) is 0 Å². The lowest BCUT2D eigenvalue weighted by Crippen LogP contribution is -2.38. The van der Waals surface area contributed by atoms with Crippen molar-refractivity contribution in [2.24, 2.45) is 5.92 Å². The van der Waals surface area contributed by atoms with Crippen LogP contribution in [0.15, 0.2) is 30.3 Å². The molecule has 31 heavy (non-hydrogen) atoms. The summed E-state index contributed by atoms with van der Waals surface area (Å²) in [6.45, 7) is 4.86. The predicted octanol–water partition coefficient (Wildman–Crippen LogP) is 3.41. The van der Waals surface area contributed by atoms with Crippen LogP contribution >= 0.6 is 0 Å². The van der Waals surface area contributed by atoms with Gasteiger partial charge in [-0.15, -0.1) is 0 Å². The van der Waals surface area contributed by atoms with Gasteiger partial charge < -0.3 is 19.7 Å². The van der Waals surface area contributed by atoms with Gasteiger partial charge in [0.2, 0.25) is 5.91 Å². The van der Waals surface area contributed by atoms with Gasteiger partial charge in [0.05, 0.1) is 25.2 Å². The van der Waals surface area contributed by atoms with E-state index in [0.717, 1.165) is 23.6 Å². The van der Waals surface area contributed by atoms with Crippen LogP contribution in [0.3, 0.4) is 0 Å². The molecule has 2 aromatic rings. The zero-order chi connectivity index (χ0) is 22.7. The van der Waals surface area contributed by atoms with Crippen molar-refractivity contribution in [3.05, 3.63) is 57.1 Å². The van der Waals surface area contributed by atoms with E-state index in [2.05, 4.69) is 5.32 Å². The van der Waals surface area contributed by atoms with E-state index in [4.69, 9.17) is 9.47 Å². The highest BCUT2D eigenvalue weighted by Crippen LogP contribution is 2.35. The van der Waals surface area contributed by atoms with Gasteiger partial charge in [0.15, 0.2) is 11.5 Å². The second kappa shape index (κ2) is 9.03. The van der Waals surface area contributed by atoms with E-state index in [1.807, 2.05) is 19.9 Å². The molecule has 0 fully saturated rings. The number of hydrogen-bond acceptors (Lipinski definition) is 6. The fourth-order valence-electron chi connectivity index (χ4n) is 3.59. The Morgan fingerprint density at radius 3 is 2.39 bits per heavy atom. The first kappa shape index (κ1) is 22.1. The number of carbonyl (C=O) groups is 2. The third-order valence-electron chi connectivity index (χ3n) is 5.23. The van der Waals surface area contributed by atoms with E-state index in [9.17, 15) is 19.7 Å². The fraction of sp³-hybridized carbons (Fsp3) is 0.364. The number of nitrogens with zero attached hydrogens (tertiary/aromatic N) is 2. The zero-order valence-electron chi connectivity index (χ0n) is 17.9. The number of nitro benzene ring substituents is 1. The number of ether oxygens (including phenoxy) is 2. The van der Waals surface area contributed by atoms with Crippen molar-refractivity contribution in [2.75, 3.05) is 26.1 Å². The minimum absolute atomic E-state index is 0.0843. The topological polar surface area (TPSA) is 111 Å². The van der Waals surface area contributed by atoms with Gasteiger partial charge in [0.1, 0.15) is 5.56 Å². The van der Waals surface area contributed by atoms with Crippen LogP contribution < -0.4 is 14.8 Å². The summed E-state index contributed by atoms with van der Waals surface area (Å²) in [4.78, 5) is 37.8. The molecular weight excluding hydrogens is 402 g/mol. The van der Waals surface area contributed by atoms with Gasteiger partial charge in [-0.1, -0.05) is 19.9 Å². The van der Waals surface area contributed by atoms with Gasteiger partial charge >= 0.3 is 0 Å². The molecule has 0 aromatic heterocycles. The second-order valence-electron chi connectivity index (χ2n) is 7.58. The van der Waals surface area contributed by atoms with Crippen LogP contribution in [-0.4, -0.2) is 42.4 Å². The molecule has 0 radical (unpaired) electrons. The van der Waals surface area contributed by atoms with Crippen molar-refractivity contribution in [3.63, 3.8) is 0 Å². The molecule has 1 aliphatic heterocycles. The van der Waals surface area contributed by atoms with E-state index in [0.29, 0.717) is 18.8 Å². The molecule has 0 bridgehead atoms. The summed E-state index contributed by atoms with van der Waals surface area (Å²) in [6, 6.07) is 7.91. The summed E-state index contributed by atoms with van der Waals surface area (Å²) in [6.07, 6.45) is 0.739. The number of anilines is 1. The van der Waals surface area contributed by atoms with E-state index in [1.165, 1.54) is 20.3 Å². The first-order valence-corrected chi connectivity index (χ1v) is 9.87. The van der Waals surface area contributed by atoms with Crippen LogP contribution in [0, 0.1) is 16.0 Å². The van der Waals surface area contributed by atoms with Gasteiger partial charge in [0, 0.05) is 30.8 Å². The van der Waals surface area contributed by atoms with Gasteiger partial charge in [-0.3, -0.25) is 19.7 Å². The maximum atomic E-state index is 12.9. The number of benzene rings is 2. The van der Waals surface area contributed by atoms with E-state index >= 15 is 0 Å². The standard InChI is InChI=1S/C22H25N3O6/c1-13(2)22(27)24-8-7-14-5-6-16(9-15(14)12-24)23-21(26)17-10-19(30-3)20(31-4)11-18(17)25(28)29/h5-6,9-11,13H,7-8,12H2,1-4H3,(H,23,26). The summed E-state index contributed by atoms with van der Waals surface area (Å²) in [5.74, 6) is -0.268. The SMILES string of the molecule is COc1cc(C(=O)Nc2ccc3c(c2)CN(C(=O)C(C)C)CC3)c([N+](=O)[O-])cc1OC. The molecule has 1 N–H and O–H groups in total. The lowest BCUT2D eigenvalue weighted by molar-refractivity contribution is -0.385. The smallest absolute Gasteiger partial charge is 0.286 e. The van der Waals surface area contributed by atoms with Crippen LogP contribution in [0.5, 0.6) is 11.5 Å². The summed E-state index contributed by atoms with van der Waals surface area (Å²) < 4.78 is 10.3. The molecule has 0 saturated carbocycles. The van der Waals surface area contributed by atoms with Crippen molar-refractivity contribution >= 4 is 23.2 Å². The molecule has 0 aliphatic carbocycles. The number of nitro groups is 1. The number of hydrogen-bond donors (Lipinski definition) is 1. The molecular formula is C22H25N3O6. The molecule has 164 valence electrons. The molecule has 0 unspecified atom stereocenters. The van der Waals surface area contributed by atoms with Crippen molar-refractivity contribution in [3.8, 4) is 11.5 Å². The van der Waals surface area contributed by atoms with E-state index in [-0.39, 0.29) is 34.6 Å². The minimum Gasteiger partial charge on any atom is -0.493 e. The number of amides is 2. The molecule has 9 heteroatoms. The fourth-order valence-corrected chi connectivity index (χ4v) is 3.59. The van der Waals surface area contributed by atoms with Crippen molar-refractivity contribution in [1.29, 1.82) is 0 Å². The minimum atomic E-state index is -0.640. The van der Waals surface area contributed by atoms with Crippen molar-refractivity contribution in [2.45, 2.75) is 26.8 Å².